The van der Waals surface area contributed by atoms with E-state index in [1.807, 2.05) is 30.3 Å². The molecule has 0 amide bonds. The Kier molecular flexibility index (Phi) is 4.08. The van der Waals surface area contributed by atoms with Crippen molar-refractivity contribution in [1.82, 2.24) is 0 Å². The Morgan fingerprint density at radius 3 is 1.89 bits per heavy atom. The first-order chi connectivity index (χ1) is 18.8. The maximum Gasteiger partial charge on any atom is 0.135 e. The van der Waals surface area contributed by atoms with Crippen LogP contribution >= 0.6 is 0 Å². The Hall–Kier alpha value is -4.88. The summed E-state index contributed by atoms with van der Waals surface area (Å²) in [6, 6.07) is 44.7. The highest BCUT2D eigenvalue weighted by atomic mass is 16.5. The lowest BCUT2D eigenvalue weighted by Gasteiger charge is -2.24. The van der Waals surface area contributed by atoms with E-state index in [1.54, 1.807) is 0 Å². The fourth-order valence-corrected chi connectivity index (χ4v) is 6.04. The fourth-order valence-electron chi connectivity index (χ4n) is 6.04. The SMILES string of the molecule is [2H]c1cccc2c(-c3ccccc3)c3ccccc3c(-c3ccc4c5c(cccc35)Oc3ccccc3-4)c12. The second-order valence-electron chi connectivity index (χ2n) is 9.56. The molecular formula is C36H22O. The van der Waals surface area contributed by atoms with E-state index >= 15 is 0 Å². The van der Waals surface area contributed by atoms with E-state index in [1.165, 1.54) is 16.5 Å². The predicted octanol–water partition coefficient (Wildman–Crippen LogP) is 10.3. The molecule has 0 aromatic heterocycles. The van der Waals surface area contributed by atoms with Crippen LogP contribution in [-0.4, -0.2) is 0 Å². The van der Waals surface area contributed by atoms with Gasteiger partial charge in [0.15, 0.2) is 0 Å². The van der Waals surface area contributed by atoms with Gasteiger partial charge < -0.3 is 4.74 Å². The van der Waals surface area contributed by atoms with E-state index in [-0.39, 0.29) is 0 Å². The van der Waals surface area contributed by atoms with Crippen LogP contribution in [0, 0.1) is 0 Å². The van der Waals surface area contributed by atoms with Crippen LogP contribution in [0.4, 0.5) is 0 Å². The number of hydrogen-bond donors (Lipinski definition) is 0. The van der Waals surface area contributed by atoms with Crippen molar-refractivity contribution < 1.29 is 6.11 Å². The maximum absolute atomic E-state index is 9.10. The second-order valence-corrected chi connectivity index (χ2v) is 9.56. The third-order valence-corrected chi connectivity index (χ3v) is 7.57. The van der Waals surface area contributed by atoms with Crippen molar-refractivity contribution in [3.63, 3.8) is 0 Å². The molecule has 1 nitrogen and oxygen atoms in total. The monoisotopic (exact) mass is 471 g/mol. The van der Waals surface area contributed by atoms with E-state index in [9.17, 15) is 0 Å². The van der Waals surface area contributed by atoms with Crippen LogP contribution in [0.15, 0.2) is 133 Å². The van der Waals surface area contributed by atoms with Crippen LogP contribution in [-0.2, 0) is 0 Å². The molecule has 0 fully saturated rings. The molecule has 0 saturated heterocycles. The van der Waals surface area contributed by atoms with Gasteiger partial charge in [-0.3, -0.25) is 0 Å². The van der Waals surface area contributed by atoms with Crippen LogP contribution in [0.3, 0.4) is 0 Å². The zero-order chi connectivity index (χ0) is 25.2. The van der Waals surface area contributed by atoms with Crippen molar-refractivity contribution in [3.05, 3.63) is 133 Å². The third kappa shape index (κ3) is 2.92. The minimum atomic E-state index is 0.530. The molecule has 1 aliphatic rings. The standard InChI is InChI=1S/C36H22O/c1-2-11-23(12-3-1)34-25-14-4-6-16-27(25)35(28-17-7-5-15-26(28)34)31-22-21-30-24-13-8-9-19-32(24)37-33-20-10-18-29(31)36(30)33/h1-22H/i16D. The molecule has 0 spiro atoms. The van der Waals surface area contributed by atoms with E-state index < -0.39 is 0 Å². The lowest BCUT2D eigenvalue weighted by molar-refractivity contribution is 0.487. The van der Waals surface area contributed by atoms with E-state index in [2.05, 4.69) is 97.1 Å². The summed E-state index contributed by atoms with van der Waals surface area (Å²) in [4.78, 5) is 0. The maximum atomic E-state index is 9.10. The van der Waals surface area contributed by atoms with Crippen molar-refractivity contribution in [3.8, 4) is 44.9 Å². The van der Waals surface area contributed by atoms with Crippen LogP contribution in [0.25, 0.3) is 65.7 Å². The average Bonchev–Trinajstić information content (AvgIpc) is 2.97. The van der Waals surface area contributed by atoms with Gasteiger partial charge in [-0.05, 0) is 66.9 Å². The van der Waals surface area contributed by atoms with Gasteiger partial charge in [0, 0.05) is 10.9 Å². The van der Waals surface area contributed by atoms with Gasteiger partial charge in [0.1, 0.15) is 11.5 Å². The highest BCUT2D eigenvalue weighted by Crippen LogP contribution is 2.51. The Morgan fingerprint density at radius 2 is 1.03 bits per heavy atom. The molecule has 1 aliphatic heterocycles. The summed E-state index contributed by atoms with van der Waals surface area (Å²) in [5.74, 6) is 1.76. The second kappa shape index (κ2) is 7.81. The van der Waals surface area contributed by atoms with E-state index in [0.717, 1.165) is 60.7 Å². The number of benzene rings is 7. The summed E-state index contributed by atoms with van der Waals surface area (Å²) in [5.41, 5.74) is 6.85. The first-order valence-corrected chi connectivity index (χ1v) is 12.6. The van der Waals surface area contributed by atoms with Crippen LogP contribution in [0.1, 0.15) is 1.37 Å². The Balaban J connectivity index is 1.55. The summed E-state index contributed by atoms with van der Waals surface area (Å²) in [5, 5.41) is 6.67. The number of fused-ring (bicyclic) bond motifs is 4. The number of ether oxygens (including phenoxy) is 1. The molecule has 0 atom stereocenters. The lowest BCUT2D eigenvalue weighted by Crippen LogP contribution is -1.98. The summed E-state index contributed by atoms with van der Waals surface area (Å²) < 4.78 is 15.5. The number of hydrogen-bond acceptors (Lipinski definition) is 1. The molecule has 0 radical (unpaired) electrons. The van der Waals surface area contributed by atoms with Crippen molar-refractivity contribution in [2.45, 2.75) is 0 Å². The molecule has 7 aromatic rings. The van der Waals surface area contributed by atoms with Crippen molar-refractivity contribution in [2.24, 2.45) is 0 Å². The molecule has 0 unspecified atom stereocenters. The summed E-state index contributed by atoms with van der Waals surface area (Å²) >= 11 is 0. The smallest absolute Gasteiger partial charge is 0.135 e. The molecule has 37 heavy (non-hydrogen) atoms. The van der Waals surface area contributed by atoms with E-state index in [0.29, 0.717) is 6.04 Å². The molecule has 8 rings (SSSR count). The topological polar surface area (TPSA) is 9.23 Å². The van der Waals surface area contributed by atoms with Gasteiger partial charge in [-0.2, -0.15) is 0 Å². The highest BCUT2D eigenvalue weighted by Gasteiger charge is 2.23. The molecule has 0 N–H and O–H groups in total. The summed E-state index contributed by atoms with van der Waals surface area (Å²) in [7, 11) is 0. The predicted molar refractivity (Wildman–Crippen MR) is 155 cm³/mol. The first kappa shape index (κ1) is 19.3. The van der Waals surface area contributed by atoms with Crippen molar-refractivity contribution in [2.75, 3.05) is 0 Å². The quantitative estimate of drug-likeness (QED) is 0.228. The molecular weight excluding hydrogens is 448 g/mol. The molecule has 7 aromatic carbocycles. The number of para-hydroxylation sites is 1. The summed E-state index contributed by atoms with van der Waals surface area (Å²) in [6.45, 7) is 0. The number of rotatable bonds is 2. The zero-order valence-electron chi connectivity index (χ0n) is 21.0. The van der Waals surface area contributed by atoms with Crippen LogP contribution in [0.2, 0.25) is 0 Å². The van der Waals surface area contributed by atoms with Gasteiger partial charge in [-0.15, -0.1) is 0 Å². The van der Waals surface area contributed by atoms with Crippen LogP contribution < -0.4 is 4.74 Å². The Morgan fingerprint density at radius 1 is 0.405 bits per heavy atom. The molecule has 1 heterocycles. The minimum absolute atomic E-state index is 0.530. The van der Waals surface area contributed by atoms with Crippen molar-refractivity contribution >= 4 is 32.3 Å². The van der Waals surface area contributed by atoms with Gasteiger partial charge in [0.2, 0.25) is 0 Å². The normalized spacial score (nSPS) is 12.4. The highest BCUT2D eigenvalue weighted by molar-refractivity contribution is 6.24. The molecule has 0 saturated carbocycles. The minimum Gasteiger partial charge on any atom is -0.456 e. The first-order valence-electron chi connectivity index (χ1n) is 13.1. The zero-order valence-corrected chi connectivity index (χ0v) is 20.0. The third-order valence-electron chi connectivity index (χ3n) is 7.57. The molecule has 0 aliphatic carbocycles. The van der Waals surface area contributed by atoms with E-state index in [4.69, 9.17) is 6.11 Å². The van der Waals surface area contributed by atoms with Gasteiger partial charge in [-0.25, -0.2) is 0 Å². The fraction of sp³-hybridized carbons (Fsp3) is 0. The van der Waals surface area contributed by atoms with Crippen molar-refractivity contribution in [1.29, 1.82) is 0 Å². The van der Waals surface area contributed by atoms with Crippen LogP contribution in [0.5, 0.6) is 11.5 Å². The molecule has 1 heteroatoms. The summed E-state index contributed by atoms with van der Waals surface area (Å²) in [6.07, 6.45) is 0. The average molecular weight is 472 g/mol. The van der Waals surface area contributed by atoms with Gasteiger partial charge in [0.05, 0.1) is 1.37 Å². The Bertz CT molecular complexity index is 2060. The van der Waals surface area contributed by atoms with Gasteiger partial charge in [0.25, 0.3) is 0 Å². The molecule has 172 valence electrons. The lowest BCUT2D eigenvalue weighted by atomic mass is 9.83. The Labute approximate surface area is 216 Å². The van der Waals surface area contributed by atoms with Gasteiger partial charge >= 0.3 is 0 Å². The largest absolute Gasteiger partial charge is 0.456 e. The molecule has 0 bridgehead atoms. The van der Waals surface area contributed by atoms with Gasteiger partial charge in [-0.1, -0.05) is 121 Å².